The molecule has 1 aromatic heterocycles. The third-order valence-corrected chi connectivity index (χ3v) is 6.28. The minimum atomic E-state index is -0.429. The minimum absolute atomic E-state index is 0.0304. The van der Waals surface area contributed by atoms with Crippen LogP contribution in [0.5, 0.6) is 5.75 Å². The van der Waals surface area contributed by atoms with Gasteiger partial charge in [-0.3, -0.25) is 14.9 Å². The van der Waals surface area contributed by atoms with E-state index in [0.717, 1.165) is 33.0 Å². The second kappa shape index (κ2) is 9.03. The predicted octanol–water partition coefficient (Wildman–Crippen LogP) is 4.16. The summed E-state index contributed by atoms with van der Waals surface area (Å²) in [6.07, 6.45) is 1.08. The molecule has 0 saturated carbocycles. The lowest BCUT2D eigenvalue weighted by Gasteiger charge is -2.02. The van der Waals surface area contributed by atoms with Crippen molar-refractivity contribution in [3.05, 3.63) is 57.4 Å². The Bertz CT molecular complexity index is 1070. The number of nitro benzene ring substituents is 1. The molecule has 28 heavy (non-hydrogen) atoms. The molecule has 0 unspecified atom stereocenters. The Hall–Kier alpha value is -2.65. The molecule has 9 heteroatoms. The highest BCUT2D eigenvalue weighted by molar-refractivity contribution is 7.99. The van der Waals surface area contributed by atoms with Gasteiger partial charge in [-0.1, -0.05) is 11.3 Å². The van der Waals surface area contributed by atoms with E-state index >= 15 is 0 Å². The summed E-state index contributed by atoms with van der Waals surface area (Å²) in [6, 6.07) is 12.5. The van der Waals surface area contributed by atoms with Gasteiger partial charge in [0.15, 0.2) is 4.80 Å². The highest BCUT2D eigenvalue weighted by Gasteiger charge is 2.11. The first kappa shape index (κ1) is 20.1. The van der Waals surface area contributed by atoms with Gasteiger partial charge in [-0.2, -0.15) is 4.99 Å². The van der Waals surface area contributed by atoms with Gasteiger partial charge in [0.2, 0.25) is 5.91 Å². The molecule has 0 bridgehead atoms. The number of rotatable bonds is 7. The van der Waals surface area contributed by atoms with Gasteiger partial charge >= 0.3 is 0 Å². The van der Waals surface area contributed by atoms with Crippen LogP contribution in [0.2, 0.25) is 0 Å². The van der Waals surface area contributed by atoms with Crippen molar-refractivity contribution >= 4 is 44.9 Å². The van der Waals surface area contributed by atoms with Gasteiger partial charge in [-0.15, -0.1) is 11.8 Å². The molecule has 0 aliphatic carbocycles. The fourth-order valence-corrected chi connectivity index (χ4v) is 4.51. The molecule has 0 radical (unpaired) electrons. The van der Waals surface area contributed by atoms with Crippen LogP contribution in [0, 0.1) is 10.1 Å². The molecule has 0 fully saturated rings. The Morgan fingerprint density at radius 1 is 1.29 bits per heavy atom. The molecule has 3 rings (SSSR count). The number of amides is 1. The van der Waals surface area contributed by atoms with E-state index in [1.807, 2.05) is 24.3 Å². The van der Waals surface area contributed by atoms with Crippen molar-refractivity contribution in [3.8, 4) is 5.75 Å². The maximum absolute atomic E-state index is 12.2. The largest absolute Gasteiger partial charge is 0.497 e. The van der Waals surface area contributed by atoms with Crippen LogP contribution in [0.15, 0.2) is 52.4 Å². The molecule has 0 aliphatic heterocycles. The van der Waals surface area contributed by atoms with Gasteiger partial charge in [-0.05, 0) is 42.5 Å². The molecule has 3 aromatic rings. The topological polar surface area (TPSA) is 86.7 Å². The maximum atomic E-state index is 12.2. The average molecular weight is 418 g/mol. The van der Waals surface area contributed by atoms with Crippen molar-refractivity contribution in [1.29, 1.82) is 0 Å². The molecule has 0 saturated heterocycles. The van der Waals surface area contributed by atoms with E-state index in [4.69, 9.17) is 4.74 Å². The fourth-order valence-electron chi connectivity index (χ4n) is 2.59. The summed E-state index contributed by atoms with van der Waals surface area (Å²) in [5.41, 5.74) is 0.847. The summed E-state index contributed by atoms with van der Waals surface area (Å²) < 4.78 is 7.65. The summed E-state index contributed by atoms with van der Waals surface area (Å²) in [7, 11) is 3.44. The van der Waals surface area contributed by atoms with Crippen molar-refractivity contribution in [2.45, 2.75) is 17.7 Å². The molecule has 1 heterocycles. The summed E-state index contributed by atoms with van der Waals surface area (Å²) in [6.45, 7) is 0. The highest BCUT2D eigenvalue weighted by Crippen LogP contribution is 2.23. The monoisotopic (exact) mass is 417 g/mol. The standard InChI is InChI=1S/C19H19N3O4S2/c1-21-16-10-5-13(22(24)25)12-17(16)28-19(21)20-18(23)4-3-11-27-15-8-6-14(26-2)7-9-15/h5-10,12H,3-4,11H2,1-2H3. The van der Waals surface area contributed by atoms with Crippen LogP contribution in [0.25, 0.3) is 10.2 Å². The number of aryl methyl sites for hydroxylation is 1. The SMILES string of the molecule is COc1ccc(SCCCC(=O)N=c2sc3cc([N+](=O)[O-])ccc3n2C)cc1. The quantitative estimate of drug-likeness (QED) is 0.249. The molecule has 1 amide bonds. The van der Waals surface area contributed by atoms with Crippen molar-refractivity contribution in [1.82, 2.24) is 4.57 Å². The molecule has 0 N–H and O–H groups in total. The number of hydrogen-bond acceptors (Lipinski definition) is 6. The van der Waals surface area contributed by atoms with Gasteiger partial charge in [0.25, 0.3) is 5.69 Å². The summed E-state index contributed by atoms with van der Waals surface area (Å²) in [5.74, 6) is 1.45. The molecule has 146 valence electrons. The van der Waals surface area contributed by atoms with Crippen LogP contribution in [-0.2, 0) is 11.8 Å². The van der Waals surface area contributed by atoms with Crippen LogP contribution >= 0.6 is 23.1 Å². The molecular formula is C19H19N3O4S2. The first-order valence-corrected chi connectivity index (χ1v) is 10.4. The number of non-ortho nitro benzene ring substituents is 1. The van der Waals surface area contributed by atoms with E-state index in [2.05, 4.69) is 4.99 Å². The third kappa shape index (κ3) is 4.79. The van der Waals surface area contributed by atoms with Gasteiger partial charge in [-0.25, -0.2) is 0 Å². The van der Waals surface area contributed by atoms with Crippen LogP contribution in [0.1, 0.15) is 12.8 Å². The Balaban J connectivity index is 1.60. The van der Waals surface area contributed by atoms with Crippen LogP contribution in [0.4, 0.5) is 5.69 Å². The highest BCUT2D eigenvalue weighted by atomic mass is 32.2. The van der Waals surface area contributed by atoms with Gasteiger partial charge in [0.1, 0.15) is 5.75 Å². The second-order valence-corrected chi connectivity index (χ2v) is 8.16. The van der Waals surface area contributed by atoms with Crippen LogP contribution in [0.3, 0.4) is 0 Å². The zero-order chi connectivity index (χ0) is 20.1. The fraction of sp³-hybridized carbons (Fsp3) is 0.263. The number of thioether (sulfide) groups is 1. The zero-order valence-electron chi connectivity index (χ0n) is 15.5. The lowest BCUT2D eigenvalue weighted by molar-refractivity contribution is -0.384. The first-order valence-electron chi connectivity index (χ1n) is 8.56. The Labute approximate surface area is 169 Å². The molecule has 0 atom stereocenters. The molecule has 7 nitrogen and oxygen atoms in total. The number of thiazole rings is 1. The molecule has 0 aliphatic rings. The lowest BCUT2D eigenvalue weighted by atomic mass is 10.3. The van der Waals surface area contributed by atoms with Gasteiger partial charge in [0, 0.05) is 30.5 Å². The Kier molecular flexibility index (Phi) is 6.48. The summed E-state index contributed by atoms with van der Waals surface area (Å²) in [5, 5.41) is 10.9. The zero-order valence-corrected chi connectivity index (χ0v) is 17.1. The van der Waals surface area contributed by atoms with E-state index in [1.165, 1.54) is 23.5 Å². The molecule has 2 aromatic carbocycles. The third-order valence-electron chi connectivity index (χ3n) is 4.09. The number of hydrogen-bond donors (Lipinski definition) is 0. The van der Waals surface area contributed by atoms with Crippen molar-refractivity contribution < 1.29 is 14.5 Å². The van der Waals surface area contributed by atoms with Crippen LogP contribution < -0.4 is 9.54 Å². The Morgan fingerprint density at radius 3 is 2.71 bits per heavy atom. The molecular weight excluding hydrogens is 398 g/mol. The van der Waals surface area contributed by atoms with E-state index in [0.29, 0.717) is 11.2 Å². The van der Waals surface area contributed by atoms with Crippen molar-refractivity contribution in [2.75, 3.05) is 12.9 Å². The van der Waals surface area contributed by atoms with Crippen molar-refractivity contribution in [3.63, 3.8) is 0 Å². The number of fused-ring (bicyclic) bond motifs is 1. The van der Waals surface area contributed by atoms with Gasteiger partial charge in [0.05, 0.1) is 22.2 Å². The number of ether oxygens (including phenoxy) is 1. The average Bonchev–Trinajstić information content (AvgIpc) is 3.00. The number of nitro groups is 1. The number of carbonyl (C=O) groups is 1. The smallest absolute Gasteiger partial charge is 0.270 e. The summed E-state index contributed by atoms with van der Waals surface area (Å²) in [4.78, 5) is 28.5. The predicted molar refractivity (Wildman–Crippen MR) is 111 cm³/mol. The van der Waals surface area contributed by atoms with Crippen molar-refractivity contribution in [2.24, 2.45) is 12.0 Å². The van der Waals surface area contributed by atoms with E-state index in [-0.39, 0.29) is 11.6 Å². The normalized spacial score (nSPS) is 11.7. The van der Waals surface area contributed by atoms with E-state index < -0.39 is 4.92 Å². The Morgan fingerprint density at radius 2 is 2.04 bits per heavy atom. The molecule has 0 spiro atoms. The lowest BCUT2D eigenvalue weighted by Crippen LogP contribution is -2.13. The van der Waals surface area contributed by atoms with Crippen LogP contribution in [-0.4, -0.2) is 28.3 Å². The van der Waals surface area contributed by atoms with E-state index in [1.54, 1.807) is 36.6 Å². The summed E-state index contributed by atoms with van der Waals surface area (Å²) >= 11 is 2.96. The number of carbonyl (C=O) groups excluding carboxylic acids is 1. The first-order chi connectivity index (χ1) is 13.5. The minimum Gasteiger partial charge on any atom is -0.497 e. The second-order valence-electron chi connectivity index (χ2n) is 5.99. The number of methoxy groups -OCH3 is 1. The number of aromatic nitrogens is 1. The number of nitrogens with zero attached hydrogens (tertiary/aromatic N) is 3. The van der Waals surface area contributed by atoms with Gasteiger partial charge < -0.3 is 9.30 Å². The number of benzene rings is 2. The van der Waals surface area contributed by atoms with E-state index in [9.17, 15) is 14.9 Å². The maximum Gasteiger partial charge on any atom is 0.270 e.